The third-order valence-corrected chi connectivity index (χ3v) is 4.92. The maximum atomic E-state index is 6.24. The van der Waals surface area contributed by atoms with Gasteiger partial charge < -0.3 is 10.5 Å². The fourth-order valence-corrected chi connectivity index (χ4v) is 3.14. The molecule has 4 atom stereocenters. The van der Waals surface area contributed by atoms with Crippen molar-refractivity contribution in [3.63, 3.8) is 0 Å². The molecule has 4 unspecified atom stereocenters. The molecular weight excluding hydrogens is 234 g/mol. The number of ether oxygens (including phenoxy) is 1. The Morgan fingerprint density at radius 1 is 1.21 bits per heavy atom. The van der Waals surface area contributed by atoms with Crippen LogP contribution in [0.15, 0.2) is 0 Å². The molecule has 2 N–H and O–H groups in total. The van der Waals surface area contributed by atoms with E-state index in [1.807, 2.05) is 0 Å². The van der Waals surface area contributed by atoms with Crippen molar-refractivity contribution in [3.8, 4) is 0 Å². The summed E-state index contributed by atoms with van der Waals surface area (Å²) in [7, 11) is 0. The highest BCUT2D eigenvalue weighted by atomic mass is 16.5. The van der Waals surface area contributed by atoms with Crippen LogP contribution >= 0.6 is 0 Å². The number of rotatable bonds is 8. The number of hydrogen-bond acceptors (Lipinski definition) is 2. The molecule has 0 heterocycles. The minimum absolute atomic E-state index is 0.263. The van der Waals surface area contributed by atoms with Gasteiger partial charge in [0.15, 0.2) is 0 Å². The van der Waals surface area contributed by atoms with Crippen LogP contribution in [0.1, 0.15) is 72.6 Å². The Morgan fingerprint density at radius 2 is 1.95 bits per heavy atom. The van der Waals surface area contributed by atoms with Gasteiger partial charge in [0.05, 0.1) is 6.10 Å². The second-order valence-electron chi connectivity index (χ2n) is 6.77. The summed E-state index contributed by atoms with van der Waals surface area (Å²) in [6.45, 7) is 10.1. The van der Waals surface area contributed by atoms with Crippen molar-refractivity contribution in [1.29, 1.82) is 0 Å². The highest BCUT2D eigenvalue weighted by Gasteiger charge is 2.30. The molecule has 0 spiro atoms. The first-order valence-electron chi connectivity index (χ1n) is 8.45. The van der Waals surface area contributed by atoms with Crippen LogP contribution in [0.4, 0.5) is 0 Å². The monoisotopic (exact) mass is 269 g/mol. The maximum Gasteiger partial charge on any atom is 0.0728 e. The molecule has 1 aliphatic carbocycles. The van der Waals surface area contributed by atoms with Crippen molar-refractivity contribution in [2.75, 3.05) is 6.61 Å². The van der Waals surface area contributed by atoms with Crippen molar-refractivity contribution >= 4 is 0 Å². The van der Waals surface area contributed by atoms with E-state index in [0.717, 1.165) is 30.8 Å². The minimum Gasteiger partial charge on any atom is -0.376 e. The quantitative estimate of drug-likeness (QED) is 0.710. The lowest BCUT2D eigenvalue weighted by atomic mass is 9.78. The van der Waals surface area contributed by atoms with Gasteiger partial charge in [-0.15, -0.1) is 0 Å². The van der Waals surface area contributed by atoms with Crippen LogP contribution in [0.2, 0.25) is 0 Å². The zero-order valence-electron chi connectivity index (χ0n) is 13.5. The van der Waals surface area contributed by atoms with Gasteiger partial charge in [-0.3, -0.25) is 0 Å². The van der Waals surface area contributed by atoms with Gasteiger partial charge in [-0.2, -0.15) is 0 Å². The molecule has 1 saturated carbocycles. The maximum absolute atomic E-state index is 6.24. The Morgan fingerprint density at radius 3 is 2.53 bits per heavy atom. The van der Waals surface area contributed by atoms with E-state index < -0.39 is 0 Å². The lowest BCUT2D eigenvalue weighted by Crippen LogP contribution is -2.43. The molecule has 19 heavy (non-hydrogen) atoms. The average Bonchev–Trinajstić information content (AvgIpc) is 2.40. The Bertz CT molecular complexity index is 229. The van der Waals surface area contributed by atoms with E-state index >= 15 is 0 Å². The predicted molar refractivity (Wildman–Crippen MR) is 83.2 cm³/mol. The van der Waals surface area contributed by atoms with E-state index in [-0.39, 0.29) is 6.04 Å². The Hall–Kier alpha value is -0.0800. The first-order chi connectivity index (χ1) is 9.08. The summed E-state index contributed by atoms with van der Waals surface area (Å²) in [5.74, 6) is 2.30. The Labute approximate surface area is 120 Å². The number of unbranched alkanes of at least 4 members (excludes halogenated alkanes) is 1. The van der Waals surface area contributed by atoms with Crippen LogP contribution < -0.4 is 5.73 Å². The van der Waals surface area contributed by atoms with Crippen molar-refractivity contribution in [3.05, 3.63) is 0 Å². The lowest BCUT2D eigenvalue weighted by Gasteiger charge is -2.36. The minimum atomic E-state index is 0.263. The lowest BCUT2D eigenvalue weighted by molar-refractivity contribution is -0.0246. The first-order valence-corrected chi connectivity index (χ1v) is 8.45. The fourth-order valence-electron chi connectivity index (χ4n) is 3.14. The Balaban J connectivity index is 2.36. The van der Waals surface area contributed by atoms with Crippen LogP contribution in [0.5, 0.6) is 0 Å². The van der Waals surface area contributed by atoms with Crippen molar-refractivity contribution in [2.24, 2.45) is 23.5 Å². The van der Waals surface area contributed by atoms with Gasteiger partial charge in [0.2, 0.25) is 0 Å². The standard InChI is InChI=1S/C17H35NO/c1-5-7-8-14(6-2)12-19-17-11-15(13(3)4)9-10-16(17)18/h13-17H,5-12,18H2,1-4H3. The van der Waals surface area contributed by atoms with Crippen LogP contribution in [0.25, 0.3) is 0 Å². The third kappa shape index (κ3) is 5.83. The van der Waals surface area contributed by atoms with Gasteiger partial charge in [-0.25, -0.2) is 0 Å². The van der Waals surface area contributed by atoms with Gasteiger partial charge in [0.25, 0.3) is 0 Å². The number of nitrogens with two attached hydrogens (primary N) is 1. The van der Waals surface area contributed by atoms with Crippen molar-refractivity contribution in [2.45, 2.75) is 84.8 Å². The molecule has 0 radical (unpaired) electrons. The van der Waals surface area contributed by atoms with E-state index in [1.165, 1.54) is 38.5 Å². The third-order valence-electron chi connectivity index (χ3n) is 4.92. The van der Waals surface area contributed by atoms with Gasteiger partial charge >= 0.3 is 0 Å². The summed E-state index contributed by atoms with van der Waals surface area (Å²) in [6, 6.07) is 0.263. The summed E-state index contributed by atoms with van der Waals surface area (Å²) in [6.07, 6.45) is 9.05. The summed E-state index contributed by atoms with van der Waals surface area (Å²) >= 11 is 0. The van der Waals surface area contributed by atoms with Gasteiger partial charge in [-0.05, 0) is 43.4 Å². The summed E-state index contributed by atoms with van der Waals surface area (Å²) in [4.78, 5) is 0. The molecule has 1 rings (SSSR count). The molecular formula is C17H35NO. The summed E-state index contributed by atoms with van der Waals surface area (Å²) in [5.41, 5.74) is 6.24. The molecule has 0 aromatic heterocycles. The van der Waals surface area contributed by atoms with Gasteiger partial charge in [0.1, 0.15) is 0 Å². The first kappa shape index (κ1) is 17.0. The Kier molecular flexibility index (Phi) is 8.01. The average molecular weight is 269 g/mol. The van der Waals surface area contributed by atoms with Crippen LogP contribution in [0.3, 0.4) is 0 Å². The SMILES string of the molecule is CCCCC(CC)COC1CC(C(C)C)CCC1N. The normalized spacial score (nSPS) is 29.7. The molecule has 0 aliphatic heterocycles. The van der Waals surface area contributed by atoms with E-state index in [4.69, 9.17) is 10.5 Å². The van der Waals surface area contributed by atoms with Crippen LogP contribution in [-0.2, 0) is 4.74 Å². The van der Waals surface area contributed by atoms with Gasteiger partial charge in [0, 0.05) is 12.6 Å². The van der Waals surface area contributed by atoms with E-state index in [0.29, 0.717) is 6.10 Å². The zero-order chi connectivity index (χ0) is 14.3. The molecule has 0 aromatic carbocycles. The second kappa shape index (κ2) is 8.97. The topological polar surface area (TPSA) is 35.2 Å². The molecule has 114 valence electrons. The molecule has 0 amide bonds. The fraction of sp³-hybridized carbons (Fsp3) is 1.00. The second-order valence-corrected chi connectivity index (χ2v) is 6.77. The van der Waals surface area contributed by atoms with E-state index in [2.05, 4.69) is 27.7 Å². The van der Waals surface area contributed by atoms with Crippen LogP contribution in [0, 0.1) is 17.8 Å². The molecule has 2 heteroatoms. The van der Waals surface area contributed by atoms with Crippen molar-refractivity contribution < 1.29 is 4.74 Å². The van der Waals surface area contributed by atoms with Gasteiger partial charge in [-0.1, -0.05) is 47.0 Å². The van der Waals surface area contributed by atoms with Crippen LogP contribution in [-0.4, -0.2) is 18.8 Å². The molecule has 0 saturated heterocycles. The smallest absolute Gasteiger partial charge is 0.0728 e. The highest BCUT2D eigenvalue weighted by Crippen LogP contribution is 2.31. The van der Waals surface area contributed by atoms with E-state index in [1.54, 1.807) is 0 Å². The molecule has 1 aliphatic rings. The summed E-state index contributed by atoms with van der Waals surface area (Å²) < 4.78 is 6.20. The number of hydrogen-bond donors (Lipinski definition) is 1. The van der Waals surface area contributed by atoms with E-state index in [9.17, 15) is 0 Å². The molecule has 1 fully saturated rings. The largest absolute Gasteiger partial charge is 0.376 e. The zero-order valence-corrected chi connectivity index (χ0v) is 13.5. The highest BCUT2D eigenvalue weighted by molar-refractivity contribution is 4.84. The molecule has 0 aromatic rings. The molecule has 0 bridgehead atoms. The van der Waals surface area contributed by atoms with Crippen molar-refractivity contribution in [1.82, 2.24) is 0 Å². The predicted octanol–water partition coefficient (Wildman–Crippen LogP) is 4.37. The molecule has 2 nitrogen and oxygen atoms in total. The summed E-state index contributed by atoms with van der Waals surface area (Å²) in [5, 5.41) is 0.